The number of nitrogens with zero attached hydrogens (tertiary/aromatic N) is 2. The van der Waals surface area contributed by atoms with Gasteiger partial charge in [-0.25, -0.2) is 0 Å². The molecule has 0 aromatic heterocycles. The molecule has 0 spiro atoms. The van der Waals surface area contributed by atoms with Crippen LogP contribution in [0.5, 0.6) is 5.75 Å². The monoisotopic (exact) mass is 446 g/mol. The van der Waals surface area contributed by atoms with Gasteiger partial charge in [0.2, 0.25) is 0 Å². The summed E-state index contributed by atoms with van der Waals surface area (Å²) in [5.74, 6) is 0.836. The van der Waals surface area contributed by atoms with Crippen LogP contribution in [0.2, 0.25) is 0 Å². The van der Waals surface area contributed by atoms with Gasteiger partial charge in [-0.15, -0.1) is 0 Å². The molecular weight excluding hydrogens is 412 g/mol. The second kappa shape index (κ2) is 9.42. The molecule has 0 radical (unpaired) electrons. The number of rotatable bonds is 6. The summed E-state index contributed by atoms with van der Waals surface area (Å²) in [6.45, 7) is 12.5. The van der Waals surface area contributed by atoms with Gasteiger partial charge in [0.05, 0.1) is 12.1 Å². The second-order valence-corrected chi connectivity index (χ2v) is 9.65. The summed E-state index contributed by atoms with van der Waals surface area (Å²) < 4.78 is 5.92. The van der Waals surface area contributed by atoms with E-state index in [4.69, 9.17) is 4.74 Å². The summed E-state index contributed by atoms with van der Waals surface area (Å²) in [6, 6.07) is 12.0. The lowest BCUT2D eigenvalue weighted by molar-refractivity contribution is -0.138. The number of imide groups is 1. The Morgan fingerprint density at radius 3 is 2.33 bits per heavy atom. The Bertz CT molecular complexity index is 1100. The van der Waals surface area contributed by atoms with E-state index in [0.29, 0.717) is 17.2 Å². The number of hydrogen-bond acceptors (Lipinski definition) is 4. The largest absolute Gasteiger partial charge is 0.492 e. The minimum absolute atomic E-state index is 0.202. The number of amides is 2. The maximum absolute atomic E-state index is 13.6. The highest BCUT2D eigenvalue weighted by atomic mass is 16.5. The van der Waals surface area contributed by atoms with Gasteiger partial charge in [0.1, 0.15) is 18.1 Å². The molecule has 1 atom stereocenters. The molecule has 1 saturated heterocycles. The topological polar surface area (TPSA) is 49.9 Å². The molecule has 4 rings (SSSR count). The molecule has 2 aromatic rings. The third-order valence-corrected chi connectivity index (χ3v) is 6.69. The van der Waals surface area contributed by atoms with Gasteiger partial charge in [0.25, 0.3) is 11.8 Å². The molecule has 1 unspecified atom stereocenters. The summed E-state index contributed by atoms with van der Waals surface area (Å²) >= 11 is 0. The van der Waals surface area contributed by atoms with E-state index in [1.807, 2.05) is 51.1 Å². The van der Waals surface area contributed by atoms with Crippen LogP contribution >= 0.6 is 0 Å². The van der Waals surface area contributed by atoms with E-state index >= 15 is 0 Å². The van der Waals surface area contributed by atoms with Crippen LogP contribution in [0.3, 0.4) is 0 Å². The van der Waals surface area contributed by atoms with Crippen LogP contribution in [0.1, 0.15) is 47.6 Å². The maximum atomic E-state index is 13.6. The third-order valence-electron chi connectivity index (χ3n) is 6.69. The zero-order chi connectivity index (χ0) is 23.7. The fraction of sp³-hybridized carbons (Fsp3) is 0.429. The lowest BCUT2D eigenvalue weighted by Gasteiger charge is -2.33. The highest BCUT2D eigenvalue weighted by Crippen LogP contribution is 2.34. The predicted molar refractivity (Wildman–Crippen MR) is 131 cm³/mol. The van der Waals surface area contributed by atoms with Gasteiger partial charge in [0.15, 0.2) is 0 Å². The van der Waals surface area contributed by atoms with Gasteiger partial charge in [-0.3, -0.25) is 14.5 Å². The molecular formula is C28H34N2O3. The van der Waals surface area contributed by atoms with Crippen LogP contribution in [-0.4, -0.2) is 47.9 Å². The van der Waals surface area contributed by atoms with Crippen molar-refractivity contribution in [2.75, 3.05) is 26.2 Å². The number of carbonyl (C=O) groups excluding carboxylic acids is 2. The van der Waals surface area contributed by atoms with E-state index in [1.54, 1.807) is 0 Å². The number of ether oxygens (including phenoxy) is 1. The molecule has 0 bridgehead atoms. The molecule has 5 heteroatoms. The van der Waals surface area contributed by atoms with Crippen LogP contribution in [0.15, 0.2) is 42.1 Å². The van der Waals surface area contributed by atoms with Crippen molar-refractivity contribution in [3.05, 3.63) is 69.9 Å². The van der Waals surface area contributed by atoms with Crippen molar-refractivity contribution in [2.45, 2.75) is 47.5 Å². The highest BCUT2D eigenvalue weighted by Gasteiger charge is 2.42. The molecule has 2 aliphatic heterocycles. The van der Waals surface area contributed by atoms with E-state index in [1.165, 1.54) is 10.5 Å². The quantitative estimate of drug-likeness (QED) is 0.598. The second-order valence-electron chi connectivity index (χ2n) is 9.65. The minimum Gasteiger partial charge on any atom is -0.492 e. The van der Waals surface area contributed by atoms with Gasteiger partial charge in [-0.05, 0) is 86.4 Å². The highest BCUT2D eigenvalue weighted by molar-refractivity contribution is 6.35. The van der Waals surface area contributed by atoms with Crippen LogP contribution < -0.4 is 4.74 Å². The zero-order valence-electron chi connectivity index (χ0n) is 20.4. The molecule has 1 fully saturated rings. The van der Waals surface area contributed by atoms with Crippen LogP contribution in [0, 0.1) is 33.6 Å². The van der Waals surface area contributed by atoms with E-state index < -0.39 is 0 Å². The number of aryl methyl sites for hydroxylation is 4. The first-order chi connectivity index (χ1) is 15.7. The molecule has 5 nitrogen and oxygen atoms in total. The van der Waals surface area contributed by atoms with Crippen LogP contribution in [-0.2, 0) is 9.59 Å². The van der Waals surface area contributed by atoms with Crippen molar-refractivity contribution in [3.63, 3.8) is 0 Å². The summed E-state index contributed by atoms with van der Waals surface area (Å²) in [5, 5.41) is 0. The number of likely N-dealkylation sites (tertiary alicyclic amines) is 1. The first kappa shape index (κ1) is 23.1. The Kier molecular flexibility index (Phi) is 6.59. The van der Waals surface area contributed by atoms with Gasteiger partial charge >= 0.3 is 0 Å². The molecule has 0 aliphatic carbocycles. The first-order valence-electron chi connectivity index (χ1n) is 11.9. The van der Waals surface area contributed by atoms with E-state index in [2.05, 4.69) is 24.8 Å². The van der Waals surface area contributed by atoms with Gasteiger partial charge in [-0.1, -0.05) is 31.2 Å². The third kappa shape index (κ3) is 4.82. The Hall–Kier alpha value is -3.08. The van der Waals surface area contributed by atoms with Crippen molar-refractivity contribution in [3.8, 4) is 5.75 Å². The maximum Gasteiger partial charge on any atom is 0.277 e. The van der Waals surface area contributed by atoms with Crippen molar-refractivity contribution in [2.24, 2.45) is 5.92 Å². The smallest absolute Gasteiger partial charge is 0.277 e. The summed E-state index contributed by atoms with van der Waals surface area (Å²) in [6.07, 6.45) is 2.18. The van der Waals surface area contributed by atoms with E-state index in [0.717, 1.165) is 53.9 Å². The van der Waals surface area contributed by atoms with Gasteiger partial charge in [0, 0.05) is 13.1 Å². The molecule has 2 heterocycles. The SMILES string of the molecule is Cc1cc(C)cc(OCCN2C(=O)C(c3ccc(C)c(C)c3)=C(N3CCCC(C)C3)C2=O)c1. The van der Waals surface area contributed by atoms with Crippen molar-refractivity contribution in [1.29, 1.82) is 0 Å². The number of hydrogen-bond donors (Lipinski definition) is 0. The standard InChI is InChI=1S/C28H34N2O3/c1-18-7-6-10-29(17-18)26-25(23-9-8-21(4)22(5)16-23)27(31)30(28(26)32)11-12-33-24-14-19(2)13-20(3)15-24/h8-9,13-16,18H,6-7,10-12,17H2,1-5H3. The molecule has 2 aromatic carbocycles. The van der Waals surface area contributed by atoms with Crippen LogP contribution in [0.4, 0.5) is 0 Å². The number of carbonyl (C=O) groups is 2. The fourth-order valence-electron chi connectivity index (χ4n) is 4.88. The summed E-state index contributed by atoms with van der Waals surface area (Å²) in [4.78, 5) is 30.6. The molecule has 0 N–H and O–H groups in total. The Morgan fingerprint density at radius 1 is 0.939 bits per heavy atom. The predicted octanol–water partition coefficient (Wildman–Crippen LogP) is 4.81. The Morgan fingerprint density at radius 2 is 1.67 bits per heavy atom. The average Bonchev–Trinajstić information content (AvgIpc) is 3.00. The Labute approximate surface area is 197 Å². The van der Waals surface area contributed by atoms with Gasteiger partial charge in [-0.2, -0.15) is 0 Å². The summed E-state index contributed by atoms with van der Waals surface area (Å²) in [7, 11) is 0. The number of piperidine rings is 1. The van der Waals surface area contributed by atoms with Crippen molar-refractivity contribution >= 4 is 17.4 Å². The lowest BCUT2D eigenvalue weighted by Crippen LogP contribution is -2.40. The van der Waals surface area contributed by atoms with Gasteiger partial charge < -0.3 is 9.64 Å². The van der Waals surface area contributed by atoms with Crippen molar-refractivity contribution < 1.29 is 14.3 Å². The molecule has 2 aliphatic rings. The molecule has 33 heavy (non-hydrogen) atoms. The van der Waals surface area contributed by atoms with Crippen molar-refractivity contribution in [1.82, 2.24) is 9.80 Å². The fourth-order valence-corrected chi connectivity index (χ4v) is 4.88. The van der Waals surface area contributed by atoms with Crippen LogP contribution in [0.25, 0.3) is 5.57 Å². The lowest BCUT2D eigenvalue weighted by atomic mass is 9.96. The molecule has 0 saturated carbocycles. The Balaban J connectivity index is 1.60. The zero-order valence-corrected chi connectivity index (χ0v) is 20.4. The first-order valence-corrected chi connectivity index (χ1v) is 11.9. The minimum atomic E-state index is -0.222. The number of benzene rings is 2. The normalized spacial score (nSPS) is 19.0. The molecule has 174 valence electrons. The average molecular weight is 447 g/mol. The van der Waals surface area contributed by atoms with E-state index in [-0.39, 0.29) is 25.0 Å². The molecule has 2 amide bonds. The summed E-state index contributed by atoms with van der Waals surface area (Å²) in [5.41, 5.74) is 6.44. The van der Waals surface area contributed by atoms with E-state index in [9.17, 15) is 9.59 Å².